The maximum absolute atomic E-state index is 10.9. The highest BCUT2D eigenvalue weighted by Crippen LogP contribution is 2.24. The van der Waals surface area contributed by atoms with E-state index in [-0.39, 0.29) is 5.71 Å². The summed E-state index contributed by atoms with van der Waals surface area (Å²) in [5.74, 6) is -1.21. The molecule has 0 aliphatic rings. The van der Waals surface area contributed by atoms with Gasteiger partial charge in [-0.3, -0.25) is 5.41 Å². The number of benzene rings is 1. The Labute approximate surface area is 124 Å². The van der Waals surface area contributed by atoms with Crippen molar-refractivity contribution >= 4 is 27.6 Å². The maximum atomic E-state index is 10.9. The van der Waals surface area contributed by atoms with Gasteiger partial charge >= 0.3 is 5.97 Å². The predicted molar refractivity (Wildman–Crippen MR) is 80.1 cm³/mol. The van der Waals surface area contributed by atoms with E-state index in [1.165, 1.54) is 0 Å². The highest BCUT2D eigenvalue weighted by atomic mass is 79.9. The summed E-state index contributed by atoms with van der Waals surface area (Å²) in [5, 5.41) is 16.5. The molecule has 2 aromatic rings. The molecule has 2 rings (SSSR count). The van der Waals surface area contributed by atoms with E-state index in [9.17, 15) is 4.79 Å². The molecule has 6 heteroatoms. The Kier molecular flexibility index (Phi) is 4.34. The zero-order chi connectivity index (χ0) is 14.7. The topological polar surface area (TPSA) is 89.8 Å². The SMILES string of the molecule is CCC(C(=N)C(=O)O)c1ncc(-c2ccc(Br)cc2)[nH]1. The lowest BCUT2D eigenvalue weighted by Crippen LogP contribution is -2.21. The number of rotatable bonds is 5. The van der Waals surface area contributed by atoms with Crippen molar-refractivity contribution in [3.05, 3.63) is 40.8 Å². The predicted octanol–water partition coefficient (Wildman–Crippen LogP) is 3.44. The van der Waals surface area contributed by atoms with Crippen LogP contribution >= 0.6 is 15.9 Å². The normalized spacial score (nSPS) is 12.1. The first-order valence-corrected chi connectivity index (χ1v) is 6.94. The van der Waals surface area contributed by atoms with Gasteiger partial charge in [0.25, 0.3) is 0 Å². The van der Waals surface area contributed by atoms with Crippen LogP contribution in [0.1, 0.15) is 25.1 Å². The molecule has 1 aromatic heterocycles. The van der Waals surface area contributed by atoms with E-state index in [0.717, 1.165) is 15.7 Å². The minimum atomic E-state index is -1.21. The van der Waals surface area contributed by atoms with Crippen LogP contribution in [0.4, 0.5) is 0 Å². The Hall–Kier alpha value is -1.95. The summed E-state index contributed by atoms with van der Waals surface area (Å²) in [6, 6.07) is 7.72. The molecular weight excluding hydrogens is 322 g/mol. The third kappa shape index (κ3) is 2.96. The van der Waals surface area contributed by atoms with Gasteiger partial charge in [-0.25, -0.2) is 9.78 Å². The van der Waals surface area contributed by atoms with Crippen molar-refractivity contribution in [3.8, 4) is 11.3 Å². The van der Waals surface area contributed by atoms with Gasteiger partial charge < -0.3 is 10.1 Å². The van der Waals surface area contributed by atoms with E-state index < -0.39 is 11.9 Å². The molecule has 1 aromatic carbocycles. The van der Waals surface area contributed by atoms with E-state index in [2.05, 4.69) is 25.9 Å². The van der Waals surface area contributed by atoms with Crippen LogP contribution in [-0.2, 0) is 4.79 Å². The molecule has 20 heavy (non-hydrogen) atoms. The first-order valence-electron chi connectivity index (χ1n) is 6.15. The third-order valence-corrected chi connectivity index (χ3v) is 3.60. The Balaban J connectivity index is 2.30. The number of H-pyrrole nitrogens is 1. The molecule has 3 N–H and O–H groups in total. The average Bonchev–Trinajstić information content (AvgIpc) is 2.89. The van der Waals surface area contributed by atoms with Crippen molar-refractivity contribution in [2.45, 2.75) is 19.3 Å². The number of carbonyl (C=O) groups is 1. The van der Waals surface area contributed by atoms with Gasteiger partial charge in [-0.05, 0) is 24.1 Å². The van der Waals surface area contributed by atoms with Gasteiger partial charge in [-0.2, -0.15) is 0 Å². The molecule has 0 amide bonds. The Bertz CT molecular complexity index is 634. The number of carboxylic acid groups (broad SMARTS) is 1. The second-order valence-corrected chi connectivity index (χ2v) is 5.28. The van der Waals surface area contributed by atoms with Crippen LogP contribution in [0.25, 0.3) is 11.3 Å². The minimum Gasteiger partial charge on any atom is -0.477 e. The monoisotopic (exact) mass is 335 g/mol. The number of nitrogens with one attached hydrogen (secondary N) is 2. The van der Waals surface area contributed by atoms with Crippen LogP contribution in [-0.4, -0.2) is 26.8 Å². The molecule has 0 fully saturated rings. The van der Waals surface area contributed by atoms with E-state index in [4.69, 9.17) is 10.5 Å². The van der Waals surface area contributed by atoms with Crippen LogP contribution in [0.5, 0.6) is 0 Å². The second kappa shape index (κ2) is 6.00. The van der Waals surface area contributed by atoms with Crippen molar-refractivity contribution in [3.63, 3.8) is 0 Å². The molecule has 1 unspecified atom stereocenters. The maximum Gasteiger partial charge on any atom is 0.350 e. The lowest BCUT2D eigenvalue weighted by atomic mass is 10.00. The lowest BCUT2D eigenvalue weighted by Gasteiger charge is -2.10. The van der Waals surface area contributed by atoms with Gasteiger partial charge in [-0.1, -0.05) is 35.0 Å². The van der Waals surface area contributed by atoms with Crippen LogP contribution in [0, 0.1) is 5.41 Å². The van der Waals surface area contributed by atoms with E-state index >= 15 is 0 Å². The van der Waals surface area contributed by atoms with E-state index in [0.29, 0.717) is 12.2 Å². The van der Waals surface area contributed by atoms with Gasteiger partial charge in [0.15, 0.2) is 0 Å². The average molecular weight is 336 g/mol. The molecule has 104 valence electrons. The lowest BCUT2D eigenvalue weighted by molar-refractivity contribution is -0.129. The summed E-state index contributed by atoms with van der Waals surface area (Å²) in [4.78, 5) is 18.2. The van der Waals surface area contributed by atoms with Gasteiger partial charge in [0.2, 0.25) is 0 Å². The minimum absolute atomic E-state index is 0.343. The molecule has 0 spiro atoms. The van der Waals surface area contributed by atoms with E-state index in [1.54, 1.807) is 6.20 Å². The van der Waals surface area contributed by atoms with Crippen LogP contribution in [0.3, 0.4) is 0 Å². The number of imidazole rings is 1. The molecule has 0 radical (unpaired) electrons. The summed E-state index contributed by atoms with van der Waals surface area (Å²) in [6.07, 6.45) is 2.18. The molecule has 5 nitrogen and oxygen atoms in total. The number of aliphatic carboxylic acids is 1. The first kappa shape index (κ1) is 14.5. The van der Waals surface area contributed by atoms with Gasteiger partial charge in [0.1, 0.15) is 11.5 Å². The number of carboxylic acids is 1. The molecule has 0 bridgehead atoms. The zero-order valence-corrected chi connectivity index (χ0v) is 12.4. The molecule has 0 saturated carbocycles. The number of aromatic nitrogens is 2. The molecule has 0 aliphatic carbocycles. The van der Waals surface area contributed by atoms with Crippen molar-refractivity contribution in [2.24, 2.45) is 0 Å². The van der Waals surface area contributed by atoms with Gasteiger partial charge in [0.05, 0.1) is 17.8 Å². The van der Waals surface area contributed by atoms with Gasteiger partial charge in [0, 0.05) is 4.47 Å². The summed E-state index contributed by atoms with van der Waals surface area (Å²) < 4.78 is 0.986. The number of nitrogens with zero attached hydrogens (tertiary/aromatic N) is 1. The van der Waals surface area contributed by atoms with Crippen molar-refractivity contribution < 1.29 is 9.90 Å². The molecular formula is C14H14BrN3O2. The number of hydrogen-bond donors (Lipinski definition) is 3. The summed E-state index contributed by atoms with van der Waals surface area (Å²) in [7, 11) is 0. The quantitative estimate of drug-likeness (QED) is 0.731. The Morgan fingerprint density at radius 2 is 2.10 bits per heavy atom. The van der Waals surface area contributed by atoms with Crippen LogP contribution < -0.4 is 0 Å². The van der Waals surface area contributed by atoms with Gasteiger partial charge in [-0.15, -0.1) is 0 Å². The van der Waals surface area contributed by atoms with E-state index in [1.807, 2.05) is 31.2 Å². The Morgan fingerprint density at radius 3 is 2.65 bits per heavy atom. The molecule has 1 heterocycles. The largest absolute Gasteiger partial charge is 0.477 e. The Morgan fingerprint density at radius 1 is 1.45 bits per heavy atom. The molecule has 1 atom stereocenters. The summed E-state index contributed by atoms with van der Waals surface area (Å²) >= 11 is 3.37. The fourth-order valence-electron chi connectivity index (χ4n) is 1.97. The smallest absolute Gasteiger partial charge is 0.350 e. The van der Waals surface area contributed by atoms with Crippen LogP contribution in [0.2, 0.25) is 0 Å². The third-order valence-electron chi connectivity index (χ3n) is 3.07. The van der Waals surface area contributed by atoms with Crippen molar-refractivity contribution in [2.75, 3.05) is 0 Å². The fraction of sp³-hybridized carbons (Fsp3) is 0.214. The first-order chi connectivity index (χ1) is 9.52. The second-order valence-electron chi connectivity index (χ2n) is 4.37. The standard InChI is InChI=1S/C14H14BrN3O2/c1-2-10(12(16)14(19)20)13-17-7-11(18-13)8-3-5-9(15)6-4-8/h3-7,10,16H,2H2,1H3,(H,17,18)(H,19,20). The summed E-state index contributed by atoms with van der Waals surface area (Å²) in [5.41, 5.74) is 1.43. The fourth-order valence-corrected chi connectivity index (χ4v) is 2.24. The molecule has 0 aliphatic heterocycles. The number of halogens is 1. The van der Waals surface area contributed by atoms with Crippen LogP contribution in [0.15, 0.2) is 34.9 Å². The highest BCUT2D eigenvalue weighted by Gasteiger charge is 2.23. The number of hydrogen-bond acceptors (Lipinski definition) is 3. The zero-order valence-electron chi connectivity index (χ0n) is 10.9. The highest BCUT2D eigenvalue weighted by molar-refractivity contribution is 9.10. The van der Waals surface area contributed by atoms with Crippen molar-refractivity contribution in [1.82, 2.24) is 9.97 Å². The summed E-state index contributed by atoms with van der Waals surface area (Å²) in [6.45, 7) is 1.84. The number of aromatic amines is 1. The van der Waals surface area contributed by atoms with Crippen molar-refractivity contribution in [1.29, 1.82) is 5.41 Å². The molecule has 0 saturated heterocycles.